The van der Waals surface area contributed by atoms with Gasteiger partial charge in [0.25, 0.3) is 0 Å². The van der Waals surface area contributed by atoms with Crippen LogP contribution in [0.1, 0.15) is 41.4 Å². The van der Waals surface area contributed by atoms with Gasteiger partial charge >= 0.3 is 0 Å². The van der Waals surface area contributed by atoms with Gasteiger partial charge in [-0.05, 0) is 18.9 Å². The summed E-state index contributed by atoms with van der Waals surface area (Å²) in [5.41, 5.74) is 3.45. The first-order chi connectivity index (χ1) is 10.7. The maximum absolute atomic E-state index is 6.16. The van der Waals surface area contributed by atoms with Crippen LogP contribution >= 0.6 is 23.2 Å². The lowest BCUT2D eigenvalue weighted by Crippen LogP contribution is -2.31. The third kappa shape index (κ3) is 2.96. The predicted molar refractivity (Wildman–Crippen MR) is 86.1 cm³/mol. The Morgan fingerprint density at radius 2 is 2.05 bits per heavy atom. The minimum absolute atomic E-state index is 0.429. The van der Waals surface area contributed by atoms with E-state index in [1.807, 2.05) is 12.3 Å². The number of rotatable bonds is 3. The average molecular weight is 335 g/mol. The number of nitrogens with zero attached hydrogens (tertiary/aromatic N) is 4. The summed E-state index contributed by atoms with van der Waals surface area (Å²) < 4.78 is 0. The Bertz CT molecular complexity index is 715. The van der Waals surface area contributed by atoms with Gasteiger partial charge in [-0.25, -0.2) is 15.0 Å². The van der Waals surface area contributed by atoms with Crippen LogP contribution < -0.4 is 0 Å². The summed E-state index contributed by atoms with van der Waals surface area (Å²) in [6, 6.07) is 3.73. The second-order valence-corrected chi connectivity index (χ2v) is 6.76. The van der Waals surface area contributed by atoms with Crippen molar-refractivity contribution in [2.45, 2.75) is 38.3 Å². The summed E-state index contributed by atoms with van der Waals surface area (Å²) in [7, 11) is 0. The molecule has 22 heavy (non-hydrogen) atoms. The van der Waals surface area contributed by atoms with Crippen molar-refractivity contribution >= 4 is 23.2 Å². The van der Waals surface area contributed by atoms with Gasteiger partial charge < -0.3 is 0 Å². The molecule has 0 unspecified atom stereocenters. The van der Waals surface area contributed by atoms with E-state index in [0.717, 1.165) is 37.4 Å². The van der Waals surface area contributed by atoms with E-state index in [9.17, 15) is 0 Å². The first-order valence-corrected chi connectivity index (χ1v) is 8.32. The third-order valence-electron chi connectivity index (χ3n) is 4.26. The largest absolute Gasteiger partial charge is 0.294 e. The molecule has 0 bridgehead atoms. The van der Waals surface area contributed by atoms with Gasteiger partial charge in [-0.15, -0.1) is 0 Å². The van der Waals surface area contributed by atoms with Crippen LogP contribution in [0, 0.1) is 0 Å². The molecule has 2 aromatic rings. The lowest BCUT2D eigenvalue weighted by Gasteiger charge is -2.28. The van der Waals surface area contributed by atoms with E-state index in [4.69, 9.17) is 28.2 Å². The van der Waals surface area contributed by atoms with Crippen molar-refractivity contribution in [3.63, 3.8) is 0 Å². The van der Waals surface area contributed by atoms with E-state index >= 15 is 0 Å². The zero-order valence-corrected chi connectivity index (χ0v) is 13.6. The summed E-state index contributed by atoms with van der Waals surface area (Å²) in [6.45, 7) is 2.61. The molecule has 0 aromatic carbocycles. The van der Waals surface area contributed by atoms with Crippen molar-refractivity contribution in [2.75, 3.05) is 6.54 Å². The quantitative estimate of drug-likeness (QED) is 0.804. The monoisotopic (exact) mass is 334 g/mol. The van der Waals surface area contributed by atoms with Crippen molar-refractivity contribution in [1.82, 2.24) is 19.9 Å². The summed E-state index contributed by atoms with van der Waals surface area (Å²) in [5.74, 6) is 1.65. The van der Waals surface area contributed by atoms with Gasteiger partial charge in [0, 0.05) is 55.0 Å². The highest BCUT2D eigenvalue weighted by atomic mass is 35.5. The summed E-state index contributed by atoms with van der Waals surface area (Å²) >= 11 is 12.0. The van der Waals surface area contributed by atoms with E-state index in [1.165, 1.54) is 24.1 Å². The van der Waals surface area contributed by atoms with Crippen molar-refractivity contribution < 1.29 is 0 Å². The highest BCUT2D eigenvalue weighted by molar-refractivity contribution is 6.32. The number of fused-ring (bicyclic) bond motifs is 1. The smallest absolute Gasteiger partial charge is 0.135 e. The maximum Gasteiger partial charge on any atom is 0.135 e. The fourth-order valence-electron chi connectivity index (χ4n) is 2.86. The van der Waals surface area contributed by atoms with E-state index in [2.05, 4.69) is 14.9 Å². The highest BCUT2D eigenvalue weighted by Crippen LogP contribution is 2.38. The minimum atomic E-state index is 0.429. The topological polar surface area (TPSA) is 41.9 Å². The third-order valence-corrected chi connectivity index (χ3v) is 4.80. The van der Waals surface area contributed by atoms with Gasteiger partial charge in [0.05, 0.1) is 0 Å². The fraction of sp³-hybridized carbons (Fsp3) is 0.438. The molecular weight excluding hydrogens is 319 g/mol. The summed E-state index contributed by atoms with van der Waals surface area (Å²) in [4.78, 5) is 15.7. The van der Waals surface area contributed by atoms with Crippen LogP contribution in [0.25, 0.3) is 0 Å². The Morgan fingerprint density at radius 3 is 2.82 bits per heavy atom. The Hall–Kier alpha value is -1.23. The Balaban J connectivity index is 1.49. The number of hydrogen-bond acceptors (Lipinski definition) is 4. The van der Waals surface area contributed by atoms with Crippen molar-refractivity contribution in [2.24, 2.45) is 0 Å². The lowest BCUT2D eigenvalue weighted by atomic mass is 10.1. The Kier molecular flexibility index (Phi) is 3.76. The minimum Gasteiger partial charge on any atom is -0.294 e. The molecule has 0 spiro atoms. The molecule has 0 N–H and O–H groups in total. The van der Waals surface area contributed by atoms with Gasteiger partial charge in [-0.3, -0.25) is 4.90 Å². The van der Waals surface area contributed by atoms with Gasteiger partial charge in [0.1, 0.15) is 16.1 Å². The van der Waals surface area contributed by atoms with Gasteiger partial charge in [0.2, 0.25) is 0 Å². The van der Waals surface area contributed by atoms with Gasteiger partial charge in [-0.2, -0.15) is 0 Å². The van der Waals surface area contributed by atoms with Crippen LogP contribution in [0.5, 0.6) is 0 Å². The lowest BCUT2D eigenvalue weighted by molar-refractivity contribution is 0.242. The van der Waals surface area contributed by atoms with E-state index in [-0.39, 0.29) is 0 Å². The molecule has 4 rings (SSSR count). The molecule has 114 valence electrons. The normalized spacial score (nSPS) is 18.3. The SMILES string of the molecule is Clc1ccc(CN2CCc3nc(C4CC4)ncc3C2)c(Cl)n1. The van der Waals surface area contributed by atoms with Gasteiger partial charge in [0.15, 0.2) is 0 Å². The average Bonchev–Trinajstić information content (AvgIpc) is 3.34. The molecule has 1 aliphatic carbocycles. The number of hydrogen-bond donors (Lipinski definition) is 0. The second-order valence-electron chi connectivity index (χ2n) is 6.02. The predicted octanol–water partition coefficient (Wildman–Crippen LogP) is 3.61. The fourth-order valence-corrected chi connectivity index (χ4v) is 3.27. The van der Waals surface area contributed by atoms with Crippen molar-refractivity contribution in [1.29, 1.82) is 0 Å². The molecule has 1 fully saturated rings. The van der Waals surface area contributed by atoms with E-state index < -0.39 is 0 Å². The molecule has 2 aromatic heterocycles. The first kappa shape index (κ1) is 14.4. The first-order valence-electron chi connectivity index (χ1n) is 7.57. The molecule has 1 aliphatic heterocycles. The van der Waals surface area contributed by atoms with Crippen molar-refractivity contribution in [3.8, 4) is 0 Å². The van der Waals surface area contributed by atoms with Crippen LogP contribution in [0.3, 0.4) is 0 Å². The molecule has 1 saturated carbocycles. The number of aromatic nitrogens is 3. The summed E-state index contributed by atoms with van der Waals surface area (Å²) in [5, 5.41) is 0.914. The van der Waals surface area contributed by atoms with Crippen LogP contribution in [-0.2, 0) is 19.5 Å². The molecule has 6 heteroatoms. The Labute approximate surface area is 139 Å². The van der Waals surface area contributed by atoms with E-state index in [1.54, 1.807) is 6.07 Å². The van der Waals surface area contributed by atoms with Gasteiger partial charge in [-0.1, -0.05) is 29.3 Å². The molecule has 0 radical (unpaired) electrons. The zero-order chi connectivity index (χ0) is 15.1. The molecule has 0 atom stereocenters. The molecular formula is C16H16Cl2N4. The summed E-state index contributed by atoms with van der Waals surface area (Å²) in [6.07, 6.45) is 5.46. The molecule has 3 heterocycles. The number of halogens is 2. The Morgan fingerprint density at radius 1 is 1.18 bits per heavy atom. The van der Waals surface area contributed by atoms with Crippen LogP contribution in [0.2, 0.25) is 10.3 Å². The standard InChI is InChI=1S/C16H16Cl2N4/c17-14-4-3-11(15(18)21-14)8-22-6-5-13-12(9-22)7-19-16(20-13)10-1-2-10/h3-4,7,10H,1-2,5-6,8-9H2. The molecule has 2 aliphatic rings. The van der Waals surface area contributed by atoms with Crippen molar-refractivity contribution in [3.05, 3.63) is 51.3 Å². The maximum atomic E-state index is 6.16. The van der Waals surface area contributed by atoms with Crippen LogP contribution in [0.4, 0.5) is 0 Å². The van der Waals surface area contributed by atoms with E-state index in [0.29, 0.717) is 16.2 Å². The molecule has 0 saturated heterocycles. The molecule has 0 amide bonds. The highest BCUT2D eigenvalue weighted by Gasteiger charge is 2.28. The number of pyridine rings is 1. The van der Waals surface area contributed by atoms with Crippen LogP contribution in [-0.4, -0.2) is 26.4 Å². The molecule has 4 nitrogen and oxygen atoms in total. The second kappa shape index (κ2) is 5.76. The zero-order valence-electron chi connectivity index (χ0n) is 12.1. The van der Waals surface area contributed by atoms with Crippen LogP contribution in [0.15, 0.2) is 18.3 Å².